The molecule has 1 fully saturated rings. The van der Waals surface area contributed by atoms with Crippen molar-refractivity contribution in [2.45, 2.75) is 18.9 Å². The van der Waals surface area contributed by atoms with Gasteiger partial charge in [-0.3, -0.25) is 14.7 Å². The average Bonchev–Trinajstić information content (AvgIpc) is 3.19. The maximum Gasteiger partial charge on any atom is 0.272 e. The van der Waals surface area contributed by atoms with E-state index < -0.39 is 0 Å². The lowest BCUT2D eigenvalue weighted by Gasteiger charge is -2.29. The van der Waals surface area contributed by atoms with Crippen LogP contribution in [0.1, 0.15) is 23.3 Å². The van der Waals surface area contributed by atoms with Crippen molar-refractivity contribution in [3.63, 3.8) is 0 Å². The molecule has 0 unspecified atom stereocenters. The number of hydrogen-bond donors (Lipinski definition) is 3. The first-order valence-electron chi connectivity index (χ1n) is 10.0. The number of aromatic amines is 1. The summed E-state index contributed by atoms with van der Waals surface area (Å²) in [7, 11) is 2.10. The molecule has 1 aliphatic heterocycles. The fraction of sp³-hybridized carbons (Fsp3) is 0.261. The van der Waals surface area contributed by atoms with E-state index in [1.807, 2.05) is 42.5 Å². The lowest BCUT2D eigenvalue weighted by atomic mass is 10.0. The topological polar surface area (TPSA) is 90.1 Å². The van der Waals surface area contributed by atoms with Crippen LogP contribution in [-0.4, -0.2) is 53.1 Å². The highest BCUT2D eigenvalue weighted by molar-refractivity contribution is 6.06. The molecular formula is C23H25N5O2. The van der Waals surface area contributed by atoms with E-state index in [0.29, 0.717) is 11.4 Å². The molecule has 0 bridgehead atoms. The Bertz CT molecular complexity index is 1100. The fourth-order valence-corrected chi connectivity index (χ4v) is 3.74. The Hall–Kier alpha value is -3.45. The molecule has 1 aromatic heterocycles. The first kappa shape index (κ1) is 19.8. The number of H-pyrrole nitrogens is 1. The summed E-state index contributed by atoms with van der Waals surface area (Å²) in [5.74, 6) is -0.412. The SMILES string of the molecule is C=CC(=O)Nc1cccc(-c2ccc3[nH]nc(C(=O)NC4CCN(C)CC4)c3c2)c1. The van der Waals surface area contributed by atoms with E-state index in [0.717, 1.165) is 48.0 Å². The molecule has 2 heterocycles. The van der Waals surface area contributed by atoms with Crippen LogP contribution in [0.15, 0.2) is 55.1 Å². The Morgan fingerprint density at radius 1 is 1.17 bits per heavy atom. The lowest BCUT2D eigenvalue weighted by molar-refractivity contribution is -0.111. The summed E-state index contributed by atoms with van der Waals surface area (Å²) in [6.07, 6.45) is 3.12. The van der Waals surface area contributed by atoms with Crippen LogP contribution < -0.4 is 10.6 Å². The van der Waals surface area contributed by atoms with Gasteiger partial charge >= 0.3 is 0 Å². The van der Waals surface area contributed by atoms with Gasteiger partial charge in [0, 0.05) is 17.1 Å². The Labute approximate surface area is 175 Å². The monoisotopic (exact) mass is 403 g/mol. The largest absolute Gasteiger partial charge is 0.348 e. The molecule has 7 heteroatoms. The van der Waals surface area contributed by atoms with Crippen LogP contribution in [0.5, 0.6) is 0 Å². The van der Waals surface area contributed by atoms with Gasteiger partial charge < -0.3 is 15.5 Å². The minimum absolute atomic E-state index is 0.153. The Balaban J connectivity index is 1.58. The van der Waals surface area contributed by atoms with Crippen molar-refractivity contribution in [1.29, 1.82) is 0 Å². The van der Waals surface area contributed by atoms with Gasteiger partial charge in [0.1, 0.15) is 0 Å². The van der Waals surface area contributed by atoms with Crippen molar-refractivity contribution >= 4 is 28.4 Å². The highest BCUT2D eigenvalue weighted by Crippen LogP contribution is 2.27. The maximum absolute atomic E-state index is 12.9. The fourth-order valence-electron chi connectivity index (χ4n) is 3.74. The van der Waals surface area contributed by atoms with E-state index >= 15 is 0 Å². The van der Waals surface area contributed by atoms with Crippen molar-refractivity contribution in [3.8, 4) is 11.1 Å². The molecule has 7 nitrogen and oxygen atoms in total. The van der Waals surface area contributed by atoms with Crippen LogP contribution in [0, 0.1) is 0 Å². The number of anilines is 1. The molecule has 0 spiro atoms. The van der Waals surface area contributed by atoms with Gasteiger partial charge in [0.05, 0.1) is 5.52 Å². The summed E-state index contributed by atoms with van der Waals surface area (Å²) in [6, 6.07) is 13.6. The second kappa shape index (κ2) is 8.51. The zero-order valence-electron chi connectivity index (χ0n) is 16.9. The quantitative estimate of drug-likeness (QED) is 0.571. The van der Waals surface area contributed by atoms with Crippen LogP contribution in [0.2, 0.25) is 0 Å². The minimum Gasteiger partial charge on any atom is -0.348 e. The van der Waals surface area contributed by atoms with Crippen molar-refractivity contribution in [2.24, 2.45) is 0 Å². The molecule has 4 rings (SSSR count). The minimum atomic E-state index is -0.259. The summed E-state index contributed by atoms with van der Waals surface area (Å²) in [5, 5.41) is 13.9. The van der Waals surface area contributed by atoms with E-state index in [4.69, 9.17) is 0 Å². The van der Waals surface area contributed by atoms with Crippen molar-refractivity contribution in [2.75, 3.05) is 25.5 Å². The number of rotatable bonds is 5. The van der Waals surface area contributed by atoms with Crippen LogP contribution >= 0.6 is 0 Å². The highest BCUT2D eigenvalue weighted by Gasteiger charge is 2.22. The maximum atomic E-state index is 12.9. The lowest BCUT2D eigenvalue weighted by Crippen LogP contribution is -2.43. The molecule has 154 valence electrons. The van der Waals surface area contributed by atoms with Gasteiger partial charge in [0.15, 0.2) is 5.69 Å². The van der Waals surface area contributed by atoms with Gasteiger partial charge in [0.2, 0.25) is 5.91 Å². The molecule has 0 aliphatic carbocycles. The second-order valence-electron chi connectivity index (χ2n) is 7.66. The predicted octanol–water partition coefficient (Wildman–Crippen LogP) is 3.18. The Morgan fingerprint density at radius 3 is 2.70 bits per heavy atom. The highest BCUT2D eigenvalue weighted by atomic mass is 16.2. The number of benzene rings is 2. The van der Waals surface area contributed by atoms with Crippen molar-refractivity contribution < 1.29 is 9.59 Å². The number of carbonyl (C=O) groups excluding carboxylic acids is 2. The van der Waals surface area contributed by atoms with Crippen molar-refractivity contribution in [1.82, 2.24) is 20.4 Å². The molecule has 1 aliphatic rings. The molecule has 0 atom stereocenters. The molecule has 0 saturated carbocycles. The first-order valence-corrected chi connectivity index (χ1v) is 10.0. The standard InChI is InChI=1S/C23H25N5O2/c1-3-21(29)24-18-6-4-5-15(13-18)16-7-8-20-19(14-16)22(27-26-20)23(30)25-17-9-11-28(2)12-10-17/h3-8,13-14,17H,1,9-12H2,2H3,(H,24,29)(H,25,30)(H,26,27). The van der Waals surface area contributed by atoms with E-state index in [-0.39, 0.29) is 17.9 Å². The van der Waals surface area contributed by atoms with Gasteiger partial charge in [0.25, 0.3) is 5.91 Å². The normalized spacial score (nSPS) is 15.1. The van der Waals surface area contributed by atoms with Crippen molar-refractivity contribution in [3.05, 3.63) is 60.8 Å². The van der Waals surface area contributed by atoms with E-state index in [1.165, 1.54) is 6.08 Å². The van der Waals surface area contributed by atoms with Gasteiger partial charge in [-0.25, -0.2) is 0 Å². The molecule has 3 N–H and O–H groups in total. The number of nitrogens with zero attached hydrogens (tertiary/aromatic N) is 2. The van der Waals surface area contributed by atoms with Crippen LogP contribution in [-0.2, 0) is 4.79 Å². The molecule has 2 aromatic carbocycles. The predicted molar refractivity (Wildman–Crippen MR) is 118 cm³/mol. The molecule has 1 saturated heterocycles. The number of carbonyl (C=O) groups is 2. The van der Waals surface area contributed by atoms with Gasteiger partial charge in [-0.05, 0) is 74.4 Å². The van der Waals surface area contributed by atoms with Gasteiger partial charge in [-0.1, -0.05) is 24.8 Å². The molecule has 3 aromatic rings. The number of amides is 2. The Morgan fingerprint density at radius 2 is 1.93 bits per heavy atom. The third-order valence-electron chi connectivity index (χ3n) is 5.48. The van der Waals surface area contributed by atoms with E-state index in [2.05, 4.69) is 39.4 Å². The smallest absolute Gasteiger partial charge is 0.272 e. The van der Waals surface area contributed by atoms with Crippen LogP contribution in [0.3, 0.4) is 0 Å². The number of likely N-dealkylation sites (tertiary alicyclic amines) is 1. The second-order valence-corrected chi connectivity index (χ2v) is 7.66. The number of fused-ring (bicyclic) bond motifs is 1. The van der Waals surface area contributed by atoms with E-state index in [9.17, 15) is 9.59 Å². The summed E-state index contributed by atoms with van der Waals surface area (Å²) in [6.45, 7) is 5.44. The Kier molecular flexibility index (Phi) is 5.63. The molecule has 2 amide bonds. The third kappa shape index (κ3) is 4.26. The molecule has 30 heavy (non-hydrogen) atoms. The van der Waals surface area contributed by atoms with E-state index in [1.54, 1.807) is 0 Å². The third-order valence-corrected chi connectivity index (χ3v) is 5.48. The summed E-state index contributed by atoms with van der Waals surface area (Å²) in [5.41, 5.74) is 3.77. The number of nitrogens with one attached hydrogen (secondary N) is 3. The van der Waals surface area contributed by atoms with Gasteiger partial charge in [-0.2, -0.15) is 5.10 Å². The molecular weight excluding hydrogens is 378 g/mol. The number of piperidine rings is 1. The van der Waals surface area contributed by atoms with Crippen LogP contribution in [0.4, 0.5) is 5.69 Å². The first-order chi connectivity index (χ1) is 14.5. The summed E-state index contributed by atoms with van der Waals surface area (Å²) < 4.78 is 0. The zero-order valence-corrected chi connectivity index (χ0v) is 16.9. The molecule has 0 radical (unpaired) electrons. The summed E-state index contributed by atoms with van der Waals surface area (Å²) in [4.78, 5) is 26.7. The number of aromatic nitrogens is 2. The zero-order chi connectivity index (χ0) is 21.1. The van der Waals surface area contributed by atoms with Crippen LogP contribution in [0.25, 0.3) is 22.0 Å². The average molecular weight is 403 g/mol. The van der Waals surface area contributed by atoms with Gasteiger partial charge in [-0.15, -0.1) is 0 Å². The summed E-state index contributed by atoms with van der Waals surface area (Å²) >= 11 is 0. The number of hydrogen-bond acceptors (Lipinski definition) is 4.